The Hall–Kier alpha value is -1.96. The molecule has 1 saturated heterocycles. The van der Waals surface area contributed by atoms with Crippen LogP contribution in [0.5, 0.6) is 5.75 Å². The number of halogens is 4. The van der Waals surface area contributed by atoms with Gasteiger partial charge in [-0.05, 0) is 18.2 Å². The second-order valence-corrected chi connectivity index (χ2v) is 5.03. The van der Waals surface area contributed by atoms with Gasteiger partial charge in [0.2, 0.25) is 0 Å². The lowest BCUT2D eigenvalue weighted by Crippen LogP contribution is -2.34. The first-order chi connectivity index (χ1) is 10.2. The Bertz CT molecular complexity index is 594. The van der Waals surface area contributed by atoms with Crippen molar-refractivity contribution in [2.45, 2.75) is 6.18 Å². The Kier molecular flexibility index (Phi) is 5.87. The van der Waals surface area contributed by atoms with Crippen LogP contribution in [0, 0.1) is 11.8 Å². The number of rotatable bonds is 3. The monoisotopic (exact) mass is 353 g/mol. The fourth-order valence-electron chi connectivity index (χ4n) is 2.49. The van der Waals surface area contributed by atoms with Crippen LogP contribution < -0.4 is 4.74 Å². The second kappa shape index (κ2) is 7.08. The maximum atomic E-state index is 12.9. The Labute approximate surface area is 136 Å². The van der Waals surface area contributed by atoms with E-state index in [0.717, 1.165) is 4.90 Å². The average molecular weight is 354 g/mol. The van der Waals surface area contributed by atoms with Crippen LogP contribution in [0.3, 0.4) is 0 Å². The molecule has 0 aromatic heterocycles. The molecule has 1 aliphatic rings. The van der Waals surface area contributed by atoms with Crippen LogP contribution in [0.2, 0.25) is 0 Å². The largest absolute Gasteiger partial charge is 0.497 e. The number of likely N-dealkylation sites (tertiary alicyclic amines) is 1. The highest BCUT2D eigenvalue weighted by molar-refractivity contribution is 5.95. The summed E-state index contributed by atoms with van der Waals surface area (Å²) < 4.78 is 43.7. The molecule has 0 radical (unpaired) electrons. The van der Waals surface area contributed by atoms with E-state index in [-0.39, 0.29) is 18.0 Å². The van der Waals surface area contributed by atoms with E-state index in [9.17, 15) is 22.8 Å². The van der Waals surface area contributed by atoms with Crippen molar-refractivity contribution in [3.05, 3.63) is 29.8 Å². The number of carboxylic acids is 1. The molecule has 0 spiro atoms. The maximum Gasteiger partial charge on any atom is 0.394 e. The number of methoxy groups -OCH3 is 1. The van der Waals surface area contributed by atoms with Gasteiger partial charge < -0.3 is 14.7 Å². The van der Waals surface area contributed by atoms with Crippen LogP contribution in [0.15, 0.2) is 24.3 Å². The number of benzene rings is 1. The van der Waals surface area contributed by atoms with Gasteiger partial charge in [0, 0.05) is 18.7 Å². The molecule has 23 heavy (non-hydrogen) atoms. The van der Waals surface area contributed by atoms with E-state index >= 15 is 0 Å². The predicted octanol–water partition coefficient (Wildman–Crippen LogP) is 2.45. The van der Waals surface area contributed by atoms with E-state index in [1.807, 2.05) is 0 Å². The lowest BCUT2D eigenvalue weighted by molar-refractivity contribution is -0.187. The molecule has 1 N–H and O–H groups in total. The van der Waals surface area contributed by atoms with Gasteiger partial charge in [-0.3, -0.25) is 9.59 Å². The molecule has 1 aromatic carbocycles. The van der Waals surface area contributed by atoms with Crippen LogP contribution in [0.4, 0.5) is 13.2 Å². The van der Waals surface area contributed by atoms with Crippen molar-refractivity contribution in [1.29, 1.82) is 0 Å². The summed E-state index contributed by atoms with van der Waals surface area (Å²) in [6.07, 6.45) is -4.66. The molecule has 2 atom stereocenters. The fourth-order valence-corrected chi connectivity index (χ4v) is 2.49. The number of hydrogen-bond acceptors (Lipinski definition) is 3. The Morgan fingerprint density at radius 2 is 1.96 bits per heavy atom. The highest BCUT2D eigenvalue weighted by Gasteiger charge is 2.53. The quantitative estimate of drug-likeness (QED) is 0.906. The van der Waals surface area contributed by atoms with E-state index in [4.69, 9.17) is 9.84 Å². The molecular formula is C14H15ClF3NO4. The molecule has 1 heterocycles. The Morgan fingerprint density at radius 3 is 2.43 bits per heavy atom. The second-order valence-electron chi connectivity index (χ2n) is 5.03. The normalized spacial score (nSPS) is 20.8. The Balaban J connectivity index is 0.00000264. The van der Waals surface area contributed by atoms with Crippen molar-refractivity contribution >= 4 is 24.3 Å². The summed E-state index contributed by atoms with van der Waals surface area (Å²) in [5.41, 5.74) is 0.159. The molecule has 0 aliphatic carbocycles. The van der Waals surface area contributed by atoms with Gasteiger partial charge in [-0.2, -0.15) is 13.2 Å². The first kappa shape index (κ1) is 19.1. The lowest BCUT2D eigenvalue weighted by Gasteiger charge is -2.18. The number of alkyl halides is 3. The summed E-state index contributed by atoms with van der Waals surface area (Å²) in [7, 11) is 1.40. The first-order valence-electron chi connectivity index (χ1n) is 6.47. The fraction of sp³-hybridized carbons (Fsp3) is 0.429. The van der Waals surface area contributed by atoms with Crippen molar-refractivity contribution in [2.75, 3.05) is 20.2 Å². The molecule has 2 rings (SSSR count). The molecule has 128 valence electrons. The number of aliphatic carboxylic acids is 1. The zero-order chi connectivity index (χ0) is 16.5. The van der Waals surface area contributed by atoms with Crippen LogP contribution in [0.25, 0.3) is 0 Å². The standard InChI is InChI=1S/C14H14F3NO4.ClH/c1-22-9-4-2-3-8(5-9)12(19)18-6-10(13(20)21)11(7-18)14(15,16)17;/h2-5,10-11H,6-7H2,1H3,(H,20,21);1H/t10-,11-;/m1./s1. The van der Waals surface area contributed by atoms with Crippen molar-refractivity contribution in [2.24, 2.45) is 11.8 Å². The summed E-state index contributed by atoms with van der Waals surface area (Å²) in [6.45, 7) is -1.12. The molecule has 5 nitrogen and oxygen atoms in total. The number of carboxylic acid groups (broad SMARTS) is 1. The molecule has 9 heteroatoms. The zero-order valence-corrected chi connectivity index (χ0v) is 12.9. The van der Waals surface area contributed by atoms with Gasteiger partial charge in [-0.15, -0.1) is 12.4 Å². The number of hydrogen-bond donors (Lipinski definition) is 1. The summed E-state index contributed by atoms with van der Waals surface area (Å²) in [4.78, 5) is 24.2. The van der Waals surface area contributed by atoms with Crippen LogP contribution in [0.1, 0.15) is 10.4 Å². The highest BCUT2D eigenvalue weighted by atomic mass is 35.5. The minimum atomic E-state index is -4.66. The SMILES string of the molecule is COc1cccc(C(=O)N2C[C@@H](C(F)(F)F)[C@H](C(=O)O)C2)c1.Cl. The van der Waals surface area contributed by atoms with Crippen LogP contribution in [-0.4, -0.2) is 48.3 Å². The van der Waals surface area contributed by atoms with Gasteiger partial charge in [-0.25, -0.2) is 0 Å². The molecule has 1 fully saturated rings. The topological polar surface area (TPSA) is 66.8 Å². The van der Waals surface area contributed by atoms with Crippen LogP contribution >= 0.6 is 12.4 Å². The molecule has 1 aliphatic heterocycles. The Morgan fingerprint density at radius 1 is 1.30 bits per heavy atom. The van der Waals surface area contributed by atoms with E-state index < -0.39 is 43.0 Å². The number of carbonyl (C=O) groups excluding carboxylic acids is 1. The van der Waals surface area contributed by atoms with Crippen molar-refractivity contribution in [1.82, 2.24) is 4.90 Å². The van der Waals surface area contributed by atoms with Crippen molar-refractivity contribution in [3.8, 4) is 5.75 Å². The number of ether oxygens (including phenoxy) is 1. The molecular weight excluding hydrogens is 339 g/mol. The third-order valence-corrected chi connectivity index (χ3v) is 3.66. The molecule has 0 unspecified atom stereocenters. The smallest absolute Gasteiger partial charge is 0.394 e. The van der Waals surface area contributed by atoms with Crippen LogP contribution in [-0.2, 0) is 4.79 Å². The van der Waals surface area contributed by atoms with E-state index in [1.165, 1.54) is 25.3 Å². The van der Waals surface area contributed by atoms with Gasteiger partial charge in [0.15, 0.2) is 0 Å². The van der Waals surface area contributed by atoms with Gasteiger partial charge in [0.05, 0.1) is 18.9 Å². The average Bonchev–Trinajstić information content (AvgIpc) is 2.92. The molecule has 1 aromatic rings. The van der Waals surface area contributed by atoms with Crippen molar-refractivity contribution in [3.63, 3.8) is 0 Å². The molecule has 0 saturated carbocycles. The van der Waals surface area contributed by atoms with E-state index in [0.29, 0.717) is 5.75 Å². The minimum Gasteiger partial charge on any atom is -0.497 e. The summed E-state index contributed by atoms with van der Waals surface area (Å²) >= 11 is 0. The maximum absolute atomic E-state index is 12.9. The van der Waals surface area contributed by atoms with E-state index in [1.54, 1.807) is 6.07 Å². The highest BCUT2D eigenvalue weighted by Crippen LogP contribution is 2.38. The summed E-state index contributed by atoms with van der Waals surface area (Å²) in [5.74, 6) is -5.50. The number of amides is 1. The minimum absolute atomic E-state index is 0. The molecule has 0 bridgehead atoms. The summed E-state index contributed by atoms with van der Waals surface area (Å²) in [5, 5.41) is 8.94. The lowest BCUT2D eigenvalue weighted by atomic mass is 9.96. The predicted molar refractivity (Wildman–Crippen MR) is 76.8 cm³/mol. The molecule has 1 amide bonds. The third-order valence-electron chi connectivity index (χ3n) is 3.66. The first-order valence-corrected chi connectivity index (χ1v) is 6.47. The zero-order valence-electron chi connectivity index (χ0n) is 12.0. The van der Waals surface area contributed by atoms with Gasteiger partial charge in [-0.1, -0.05) is 6.07 Å². The third kappa shape index (κ3) is 4.07. The van der Waals surface area contributed by atoms with Gasteiger partial charge in [0.25, 0.3) is 5.91 Å². The van der Waals surface area contributed by atoms with Gasteiger partial charge in [0.1, 0.15) is 5.75 Å². The number of nitrogens with zero attached hydrogens (tertiary/aromatic N) is 1. The summed E-state index contributed by atoms with van der Waals surface area (Å²) in [6, 6.07) is 5.98. The number of carbonyl (C=O) groups is 2. The van der Waals surface area contributed by atoms with Gasteiger partial charge >= 0.3 is 12.1 Å². The van der Waals surface area contributed by atoms with Crippen molar-refractivity contribution < 1.29 is 32.6 Å². The van der Waals surface area contributed by atoms with E-state index in [2.05, 4.69) is 0 Å².